The number of aromatic nitrogens is 2. The number of nitrogens with zero attached hydrogens (tertiary/aromatic N) is 2. The summed E-state index contributed by atoms with van der Waals surface area (Å²) in [5.41, 5.74) is -0.223. The van der Waals surface area contributed by atoms with Crippen molar-refractivity contribution in [1.82, 2.24) is 15.1 Å². The molecule has 3 N–H and O–H groups in total. The lowest BCUT2D eigenvalue weighted by atomic mass is 10.2. The number of rotatable bonds is 5. The van der Waals surface area contributed by atoms with Gasteiger partial charge < -0.3 is 15.7 Å². The summed E-state index contributed by atoms with van der Waals surface area (Å²) < 4.78 is 39.4. The van der Waals surface area contributed by atoms with Crippen molar-refractivity contribution in [3.05, 3.63) is 42.2 Å². The number of halogens is 3. The molecule has 0 aliphatic rings. The fourth-order valence-electron chi connectivity index (χ4n) is 2.07. The van der Waals surface area contributed by atoms with Gasteiger partial charge in [-0.25, -0.2) is 9.48 Å². The van der Waals surface area contributed by atoms with Gasteiger partial charge in [0.15, 0.2) is 0 Å². The Kier molecular flexibility index (Phi) is 5.45. The molecule has 0 saturated carbocycles. The maximum Gasteiger partial charge on any atom is 0.433 e. The van der Waals surface area contributed by atoms with Crippen molar-refractivity contribution >= 4 is 11.7 Å². The third-order valence-electron chi connectivity index (χ3n) is 3.24. The van der Waals surface area contributed by atoms with Crippen molar-refractivity contribution in [3.63, 3.8) is 0 Å². The molecule has 0 fully saturated rings. The SMILES string of the molecule is C[C@H](CCO)NC(=O)Nc1ccc(-n2nccc2C(F)(F)F)cc1. The van der Waals surface area contributed by atoms with Gasteiger partial charge in [0.1, 0.15) is 5.69 Å². The summed E-state index contributed by atoms with van der Waals surface area (Å²) in [7, 11) is 0. The molecule has 1 heterocycles. The molecule has 2 amide bonds. The highest BCUT2D eigenvalue weighted by Gasteiger charge is 2.35. The number of hydrogen-bond acceptors (Lipinski definition) is 3. The average Bonchev–Trinajstić information content (AvgIpc) is 2.97. The standard InChI is InChI=1S/C15H17F3N4O2/c1-10(7-9-23)20-14(24)21-11-2-4-12(5-3-11)22-13(6-8-19-22)15(16,17)18/h2-6,8,10,23H,7,9H2,1H3,(H2,20,21,24)/t10-/m1/s1. The van der Waals surface area contributed by atoms with Crippen LogP contribution in [0, 0.1) is 0 Å². The maximum absolute atomic E-state index is 12.9. The molecule has 2 rings (SSSR count). The number of hydrogen-bond donors (Lipinski definition) is 3. The summed E-state index contributed by atoms with van der Waals surface area (Å²) in [4.78, 5) is 11.7. The largest absolute Gasteiger partial charge is 0.433 e. The Morgan fingerprint density at radius 2 is 1.96 bits per heavy atom. The highest BCUT2D eigenvalue weighted by Crippen LogP contribution is 2.30. The normalized spacial score (nSPS) is 12.7. The van der Waals surface area contributed by atoms with Crippen LogP contribution in [0.5, 0.6) is 0 Å². The van der Waals surface area contributed by atoms with E-state index < -0.39 is 17.9 Å². The fraction of sp³-hybridized carbons (Fsp3) is 0.333. The van der Waals surface area contributed by atoms with Crippen molar-refractivity contribution in [2.24, 2.45) is 0 Å². The second-order valence-corrected chi connectivity index (χ2v) is 5.18. The molecule has 1 aromatic carbocycles. The first-order valence-corrected chi connectivity index (χ1v) is 7.21. The van der Waals surface area contributed by atoms with Crippen LogP contribution in [0.3, 0.4) is 0 Å². The third kappa shape index (κ3) is 4.48. The van der Waals surface area contributed by atoms with E-state index in [1.54, 1.807) is 6.92 Å². The van der Waals surface area contributed by atoms with Crippen LogP contribution in [0.2, 0.25) is 0 Å². The number of benzene rings is 1. The molecule has 0 aliphatic heterocycles. The smallest absolute Gasteiger partial charge is 0.396 e. The molecule has 24 heavy (non-hydrogen) atoms. The van der Waals surface area contributed by atoms with Gasteiger partial charge in [-0.15, -0.1) is 0 Å². The number of anilines is 1. The average molecular weight is 342 g/mol. The predicted octanol–water partition coefficient (Wildman–Crippen LogP) is 2.78. The Bertz CT molecular complexity index is 683. The highest BCUT2D eigenvalue weighted by atomic mass is 19.4. The molecule has 0 aliphatic carbocycles. The zero-order valence-corrected chi connectivity index (χ0v) is 12.8. The molecule has 6 nitrogen and oxygen atoms in total. The molecule has 2 aromatic rings. The highest BCUT2D eigenvalue weighted by molar-refractivity contribution is 5.89. The maximum atomic E-state index is 12.9. The minimum Gasteiger partial charge on any atom is -0.396 e. The van der Waals surface area contributed by atoms with E-state index in [1.165, 1.54) is 24.3 Å². The second kappa shape index (κ2) is 7.35. The van der Waals surface area contributed by atoms with E-state index in [0.717, 1.165) is 16.9 Å². The minimum absolute atomic E-state index is 0.0401. The van der Waals surface area contributed by atoms with Gasteiger partial charge in [-0.2, -0.15) is 18.3 Å². The van der Waals surface area contributed by atoms with Gasteiger partial charge in [-0.1, -0.05) is 0 Å². The Balaban J connectivity index is 2.06. The molecular formula is C15H17F3N4O2. The van der Waals surface area contributed by atoms with Crippen molar-refractivity contribution in [2.75, 3.05) is 11.9 Å². The van der Waals surface area contributed by atoms with E-state index in [9.17, 15) is 18.0 Å². The van der Waals surface area contributed by atoms with E-state index in [1.807, 2.05) is 0 Å². The van der Waals surface area contributed by atoms with E-state index in [2.05, 4.69) is 15.7 Å². The van der Waals surface area contributed by atoms with Crippen LogP contribution < -0.4 is 10.6 Å². The summed E-state index contributed by atoms with van der Waals surface area (Å²) in [6.07, 6.45) is -3.01. The van der Waals surface area contributed by atoms with E-state index in [0.29, 0.717) is 12.1 Å². The monoisotopic (exact) mass is 342 g/mol. The lowest BCUT2D eigenvalue weighted by Crippen LogP contribution is -2.36. The molecule has 0 bridgehead atoms. The van der Waals surface area contributed by atoms with Crippen molar-refractivity contribution in [2.45, 2.75) is 25.6 Å². The summed E-state index contributed by atoms with van der Waals surface area (Å²) in [6, 6.07) is 6.04. The van der Waals surface area contributed by atoms with Crippen LogP contribution in [0.25, 0.3) is 5.69 Å². The third-order valence-corrected chi connectivity index (χ3v) is 3.24. The van der Waals surface area contributed by atoms with Crippen molar-refractivity contribution in [3.8, 4) is 5.69 Å². The first kappa shape index (κ1) is 17.8. The quantitative estimate of drug-likeness (QED) is 0.782. The summed E-state index contributed by atoms with van der Waals surface area (Å²) in [5.74, 6) is 0. The van der Waals surface area contributed by atoms with Crippen LogP contribution >= 0.6 is 0 Å². The molecule has 0 unspecified atom stereocenters. The molecule has 130 valence electrons. The first-order chi connectivity index (χ1) is 11.3. The van der Waals surface area contributed by atoms with E-state index in [-0.39, 0.29) is 18.3 Å². The first-order valence-electron chi connectivity index (χ1n) is 7.21. The van der Waals surface area contributed by atoms with Crippen LogP contribution in [-0.2, 0) is 6.18 Å². The molecular weight excluding hydrogens is 325 g/mol. The van der Waals surface area contributed by atoms with Gasteiger partial charge in [-0.3, -0.25) is 0 Å². The molecule has 9 heteroatoms. The number of aliphatic hydroxyl groups is 1. The number of amides is 2. The number of aliphatic hydroxyl groups excluding tert-OH is 1. The zero-order valence-electron chi connectivity index (χ0n) is 12.8. The van der Waals surface area contributed by atoms with Crippen molar-refractivity contribution in [1.29, 1.82) is 0 Å². The Morgan fingerprint density at radius 3 is 2.54 bits per heavy atom. The molecule has 0 saturated heterocycles. The number of carbonyl (C=O) groups excluding carboxylic acids is 1. The van der Waals surface area contributed by atoms with Crippen LogP contribution in [0.4, 0.5) is 23.7 Å². The Hall–Kier alpha value is -2.55. The fourth-order valence-corrected chi connectivity index (χ4v) is 2.07. The number of nitrogens with one attached hydrogen (secondary N) is 2. The van der Waals surface area contributed by atoms with Gasteiger partial charge in [-0.05, 0) is 43.7 Å². The molecule has 0 radical (unpaired) electrons. The summed E-state index contributed by atoms with van der Waals surface area (Å²) >= 11 is 0. The second-order valence-electron chi connectivity index (χ2n) is 5.18. The van der Waals surface area contributed by atoms with Gasteiger partial charge in [0.25, 0.3) is 0 Å². The topological polar surface area (TPSA) is 79.2 Å². The summed E-state index contributed by atoms with van der Waals surface area (Å²) in [5, 5.41) is 17.6. The van der Waals surface area contributed by atoms with Crippen molar-refractivity contribution < 1.29 is 23.1 Å². The number of carbonyl (C=O) groups is 1. The molecule has 0 spiro atoms. The summed E-state index contributed by atoms with van der Waals surface area (Å²) in [6.45, 7) is 1.71. The van der Waals surface area contributed by atoms with Gasteiger partial charge >= 0.3 is 12.2 Å². The van der Waals surface area contributed by atoms with E-state index >= 15 is 0 Å². The zero-order chi connectivity index (χ0) is 17.7. The Morgan fingerprint density at radius 1 is 1.29 bits per heavy atom. The lowest BCUT2D eigenvalue weighted by molar-refractivity contribution is -0.142. The lowest BCUT2D eigenvalue weighted by Gasteiger charge is -2.14. The minimum atomic E-state index is -4.50. The van der Waals surface area contributed by atoms with E-state index in [4.69, 9.17) is 5.11 Å². The predicted molar refractivity (Wildman–Crippen MR) is 81.9 cm³/mol. The number of alkyl halides is 3. The van der Waals surface area contributed by atoms with Gasteiger partial charge in [0.2, 0.25) is 0 Å². The molecule has 1 aromatic heterocycles. The Labute approximate surface area is 136 Å². The van der Waals surface area contributed by atoms with Gasteiger partial charge in [0.05, 0.1) is 11.9 Å². The van der Waals surface area contributed by atoms with Crippen LogP contribution in [0.1, 0.15) is 19.0 Å². The van der Waals surface area contributed by atoms with Crippen LogP contribution in [-0.4, -0.2) is 33.6 Å². The van der Waals surface area contributed by atoms with Crippen LogP contribution in [0.15, 0.2) is 36.5 Å². The number of urea groups is 1. The van der Waals surface area contributed by atoms with Gasteiger partial charge in [0, 0.05) is 18.3 Å². The molecule has 1 atom stereocenters.